The Balaban J connectivity index is -0.000000636. The van der Waals surface area contributed by atoms with Crippen molar-refractivity contribution in [1.29, 1.82) is 0 Å². The zero-order valence-electron chi connectivity index (χ0n) is 20.0. The Labute approximate surface area is 192 Å². The molecule has 0 amide bonds. The van der Waals surface area contributed by atoms with Crippen molar-refractivity contribution in [3.8, 4) is 0 Å². The van der Waals surface area contributed by atoms with Crippen LogP contribution in [-0.4, -0.2) is 51.4 Å². The van der Waals surface area contributed by atoms with E-state index in [1.165, 1.54) is 12.3 Å². The average Bonchev–Trinajstić information content (AvgIpc) is 2.25. The van der Waals surface area contributed by atoms with Gasteiger partial charge in [-0.2, -0.15) is 13.2 Å². The average molecular weight is 572 g/mol. The van der Waals surface area contributed by atoms with Crippen molar-refractivity contribution in [2.24, 2.45) is 0 Å². The Morgan fingerprint density at radius 3 is 0.828 bits per heavy atom. The molecule has 0 rings (SSSR count). The van der Waals surface area contributed by atoms with E-state index in [1.54, 1.807) is 0 Å². The van der Waals surface area contributed by atoms with Crippen molar-refractivity contribution < 1.29 is 45.6 Å². The largest absolute Gasteiger partial charge is 0.741 e. The minimum Gasteiger partial charge on any atom is -0.741 e. The molecule has 0 N–H and O–H groups in total. The zero-order valence-corrected chi connectivity index (χ0v) is 24.5. The minimum absolute atomic E-state index is 0. The van der Waals surface area contributed by atoms with Gasteiger partial charge >= 0.3 is 5.51 Å². The predicted octanol–water partition coefficient (Wildman–Crippen LogP) is 6.66. The zero-order chi connectivity index (χ0) is 23.6. The molecule has 0 aromatic heterocycles. The van der Waals surface area contributed by atoms with E-state index >= 15 is 0 Å². The van der Waals surface area contributed by atoms with Crippen LogP contribution in [0.4, 0.5) is 13.2 Å². The van der Waals surface area contributed by atoms with Gasteiger partial charge in [-0.25, -0.2) is 8.42 Å². The fraction of sp³-hybridized carbons (Fsp3) is 1.00. The molecule has 3 nitrogen and oxygen atoms in total. The molecule has 0 heterocycles. The van der Waals surface area contributed by atoms with Crippen LogP contribution in [0.3, 0.4) is 0 Å². The predicted molar refractivity (Wildman–Crippen MR) is 121 cm³/mol. The number of halogens is 3. The molecule has 0 saturated heterocycles. The summed E-state index contributed by atoms with van der Waals surface area (Å²) in [4.78, 5) is 0. The van der Waals surface area contributed by atoms with Crippen molar-refractivity contribution in [2.75, 3.05) is 12.3 Å². The van der Waals surface area contributed by atoms with Crippen LogP contribution in [0.2, 0.25) is 0 Å². The topological polar surface area (TPSA) is 57.2 Å². The van der Waals surface area contributed by atoms with E-state index < -0.39 is 15.6 Å². The maximum Gasteiger partial charge on any atom is 0.485 e. The Kier molecular flexibility index (Phi) is 13.6. The normalized spacial score (nSPS) is 14.4. The van der Waals surface area contributed by atoms with Crippen LogP contribution >= 0.6 is 15.8 Å². The number of alkyl halides is 3. The molecule has 0 unspecified atom stereocenters. The maximum absolute atomic E-state index is 10.7. The fourth-order valence-electron chi connectivity index (χ4n) is 4.00. The first-order chi connectivity index (χ1) is 11.7. The second kappa shape index (κ2) is 11.4. The molecule has 0 saturated carbocycles. The molecule has 0 aromatic carbocycles. The summed E-state index contributed by atoms with van der Waals surface area (Å²) in [6, 6.07) is 0. The van der Waals surface area contributed by atoms with Crippen molar-refractivity contribution in [3.05, 3.63) is 0 Å². The number of rotatable bonds is 3. The van der Waals surface area contributed by atoms with Gasteiger partial charge in [0.05, 0.1) is 32.9 Å². The third kappa shape index (κ3) is 14.0. The van der Waals surface area contributed by atoms with Crippen molar-refractivity contribution in [3.63, 3.8) is 0 Å². The van der Waals surface area contributed by atoms with Gasteiger partial charge in [-0.15, -0.1) is 0 Å². The second-order valence-electron chi connectivity index (χ2n) is 11.4. The third-order valence-electron chi connectivity index (χ3n) is 4.53. The van der Waals surface area contributed by atoms with Crippen LogP contribution in [0.5, 0.6) is 0 Å². The molecule has 0 aliphatic heterocycles. The SMILES string of the molecule is CC(C)(C)[PH+](CC[PH+](C(C)(C)C)C(C)(C)C)C(C)(C)C.O=S(=O)([O-])C(F)(F)F.[Rh]. The molecule has 0 aliphatic carbocycles. The number of hydrogen-bond acceptors (Lipinski definition) is 3. The Morgan fingerprint density at radius 1 is 0.621 bits per heavy atom. The standard InChI is InChI=1S/C18H40P2.CHF3O3S.Rh/c1-15(2,3)19(16(4,5)6)13-14-20(17(7,8)9)18(10,11)12;2-1(3,4)8(5,6)7;/h13-14H2,1-12H3;(H,5,6,7);/p+1. The van der Waals surface area contributed by atoms with E-state index in [-0.39, 0.29) is 35.3 Å². The molecule has 10 heteroatoms. The monoisotopic (exact) mass is 572 g/mol. The summed E-state index contributed by atoms with van der Waals surface area (Å²) in [5.41, 5.74) is -5.65. The third-order valence-corrected chi connectivity index (χ3v) is 14.3. The molecule has 0 aliphatic rings. The Morgan fingerprint density at radius 2 is 0.759 bits per heavy atom. The van der Waals surface area contributed by atoms with Crippen LogP contribution in [0, 0.1) is 0 Å². The molecule has 181 valence electrons. The first kappa shape index (κ1) is 34.8. The van der Waals surface area contributed by atoms with Crippen LogP contribution in [0.25, 0.3) is 0 Å². The molecule has 0 bridgehead atoms. The van der Waals surface area contributed by atoms with Crippen LogP contribution < -0.4 is 0 Å². The van der Waals surface area contributed by atoms with Gasteiger partial charge in [0, 0.05) is 35.3 Å². The maximum atomic E-state index is 10.7. The van der Waals surface area contributed by atoms with Gasteiger partial charge in [0.1, 0.15) is 0 Å². The summed E-state index contributed by atoms with van der Waals surface area (Å²) in [5.74, 6) is 0. The molecule has 29 heavy (non-hydrogen) atoms. The smallest absolute Gasteiger partial charge is 0.485 e. The quantitative estimate of drug-likeness (QED) is 0.165. The van der Waals surface area contributed by atoms with E-state index in [1.807, 2.05) is 0 Å². The first-order valence-electron chi connectivity index (χ1n) is 9.48. The minimum atomic E-state index is -6.09. The molecular formula is C19H42F3O3P2RhS+. The molecule has 0 aromatic rings. The summed E-state index contributed by atoms with van der Waals surface area (Å²) in [7, 11) is -6.82. The van der Waals surface area contributed by atoms with Crippen molar-refractivity contribution in [2.45, 2.75) is 109 Å². The van der Waals surface area contributed by atoms with Crippen molar-refractivity contribution >= 4 is 26.0 Å². The van der Waals surface area contributed by atoms with Crippen LogP contribution in [0.15, 0.2) is 0 Å². The van der Waals surface area contributed by atoms with Crippen LogP contribution in [-0.2, 0) is 29.6 Å². The summed E-state index contributed by atoms with van der Waals surface area (Å²) in [6.45, 7) is 29.6. The fourth-order valence-corrected chi connectivity index (χ4v) is 13.5. The summed E-state index contributed by atoms with van der Waals surface area (Å²) < 4.78 is 58.9. The van der Waals surface area contributed by atoms with Gasteiger partial charge in [0.15, 0.2) is 10.1 Å². The summed E-state index contributed by atoms with van der Waals surface area (Å²) >= 11 is 0. The van der Waals surface area contributed by atoms with Gasteiger partial charge < -0.3 is 4.55 Å². The van der Waals surface area contributed by atoms with E-state index in [0.29, 0.717) is 20.6 Å². The molecule has 0 atom stereocenters. The van der Waals surface area contributed by atoms with E-state index in [4.69, 9.17) is 13.0 Å². The Bertz CT molecular complexity index is 522. The molecule has 0 spiro atoms. The number of hydrogen-bond donors (Lipinski definition) is 0. The van der Waals surface area contributed by atoms with E-state index in [9.17, 15) is 13.2 Å². The van der Waals surface area contributed by atoms with Gasteiger partial charge in [-0.1, -0.05) is 0 Å². The van der Waals surface area contributed by atoms with E-state index in [0.717, 1.165) is 0 Å². The van der Waals surface area contributed by atoms with E-state index in [2.05, 4.69) is 83.1 Å². The van der Waals surface area contributed by atoms with Gasteiger partial charge in [-0.3, -0.25) is 0 Å². The van der Waals surface area contributed by atoms with Crippen LogP contribution in [0.1, 0.15) is 83.1 Å². The molecule has 0 fully saturated rings. The summed E-state index contributed by atoms with van der Waals surface area (Å²) in [5, 5.41) is 2.02. The molecular weight excluding hydrogens is 530 g/mol. The van der Waals surface area contributed by atoms with Gasteiger partial charge in [0.25, 0.3) is 0 Å². The van der Waals surface area contributed by atoms with Gasteiger partial charge in [-0.05, 0) is 83.1 Å². The van der Waals surface area contributed by atoms with Gasteiger partial charge in [0.2, 0.25) is 0 Å². The second-order valence-corrected chi connectivity index (χ2v) is 21.6. The molecule has 1 radical (unpaired) electrons. The first-order valence-corrected chi connectivity index (χ1v) is 14.3. The summed E-state index contributed by atoms with van der Waals surface area (Å²) in [6.07, 6.45) is 2.97. The van der Waals surface area contributed by atoms with Crippen molar-refractivity contribution in [1.82, 2.24) is 0 Å². The Hall–Kier alpha value is 1.18.